The summed E-state index contributed by atoms with van der Waals surface area (Å²) in [6, 6.07) is 25.0. The number of fused-ring (bicyclic) bond motifs is 2. The summed E-state index contributed by atoms with van der Waals surface area (Å²) in [6.07, 6.45) is 0.849. The monoisotopic (exact) mass is 423 g/mol. The van der Waals surface area contributed by atoms with Gasteiger partial charge in [-0.05, 0) is 36.9 Å². The fourth-order valence-corrected chi connectivity index (χ4v) is 4.23. The summed E-state index contributed by atoms with van der Waals surface area (Å²) in [7, 11) is 0. The van der Waals surface area contributed by atoms with E-state index >= 15 is 0 Å². The smallest absolute Gasteiger partial charge is 0.256 e. The van der Waals surface area contributed by atoms with Crippen molar-refractivity contribution in [3.05, 3.63) is 95.7 Å². The SMILES string of the molecule is CCN1CCc2nc3ccccc3c(C(=O)Nc3ccccc3Oc3ccccc3)c2C1. The Bertz CT molecular complexity index is 1270. The number of rotatable bonds is 5. The molecule has 0 saturated heterocycles. The Hall–Kier alpha value is -3.70. The average Bonchev–Trinajstić information content (AvgIpc) is 2.84. The number of aromatic nitrogens is 1. The topological polar surface area (TPSA) is 54.5 Å². The van der Waals surface area contributed by atoms with Gasteiger partial charge in [0.1, 0.15) is 5.75 Å². The number of anilines is 1. The number of nitrogens with one attached hydrogen (secondary N) is 1. The van der Waals surface area contributed by atoms with Crippen LogP contribution in [0.25, 0.3) is 10.9 Å². The van der Waals surface area contributed by atoms with Crippen LogP contribution in [0.2, 0.25) is 0 Å². The number of hydrogen-bond acceptors (Lipinski definition) is 4. The van der Waals surface area contributed by atoms with E-state index in [9.17, 15) is 4.79 Å². The quantitative estimate of drug-likeness (QED) is 0.450. The molecule has 0 saturated carbocycles. The molecule has 160 valence electrons. The van der Waals surface area contributed by atoms with Gasteiger partial charge in [0, 0.05) is 36.2 Å². The molecule has 3 aromatic carbocycles. The molecule has 0 atom stereocenters. The maximum absolute atomic E-state index is 13.7. The molecule has 1 N–H and O–H groups in total. The number of nitrogens with zero attached hydrogens (tertiary/aromatic N) is 2. The van der Waals surface area contributed by atoms with E-state index in [4.69, 9.17) is 9.72 Å². The van der Waals surface area contributed by atoms with Crippen LogP contribution in [0.15, 0.2) is 78.9 Å². The first-order chi connectivity index (χ1) is 15.7. The van der Waals surface area contributed by atoms with Crippen LogP contribution in [0.3, 0.4) is 0 Å². The molecule has 32 heavy (non-hydrogen) atoms. The third-order valence-electron chi connectivity index (χ3n) is 5.91. The minimum Gasteiger partial charge on any atom is -0.455 e. The summed E-state index contributed by atoms with van der Waals surface area (Å²) in [4.78, 5) is 20.9. The third kappa shape index (κ3) is 3.95. The van der Waals surface area contributed by atoms with Crippen molar-refractivity contribution in [1.82, 2.24) is 9.88 Å². The van der Waals surface area contributed by atoms with Crippen LogP contribution in [0.4, 0.5) is 5.69 Å². The lowest BCUT2D eigenvalue weighted by molar-refractivity contribution is 0.102. The Kier molecular flexibility index (Phi) is 5.57. The largest absolute Gasteiger partial charge is 0.455 e. The standard InChI is InChI=1S/C27H25N3O2/c1-2-30-17-16-23-21(18-30)26(20-12-6-7-13-22(20)28-23)27(31)29-24-14-8-9-15-25(24)32-19-10-4-3-5-11-19/h3-15H,2,16-18H2,1H3,(H,29,31). The van der Waals surface area contributed by atoms with E-state index in [2.05, 4.69) is 17.1 Å². The zero-order valence-electron chi connectivity index (χ0n) is 18.0. The molecular formula is C27H25N3O2. The number of amides is 1. The third-order valence-corrected chi connectivity index (χ3v) is 5.91. The van der Waals surface area contributed by atoms with Crippen molar-refractivity contribution in [2.45, 2.75) is 19.9 Å². The maximum Gasteiger partial charge on any atom is 0.256 e. The molecule has 0 unspecified atom stereocenters. The van der Waals surface area contributed by atoms with Crippen molar-refractivity contribution in [3.63, 3.8) is 0 Å². The molecule has 1 aromatic heterocycles. The van der Waals surface area contributed by atoms with E-state index in [1.807, 2.05) is 78.9 Å². The van der Waals surface area contributed by atoms with Gasteiger partial charge < -0.3 is 10.1 Å². The number of likely N-dealkylation sites (N-methyl/N-ethyl adjacent to an activating group) is 1. The number of carbonyl (C=O) groups is 1. The molecule has 0 spiro atoms. The summed E-state index contributed by atoms with van der Waals surface area (Å²) in [5.41, 5.74) is 4.25. The van der Waals surface area contributed by atoms with Gasteiger partial charge in [-0.25, -0.2) is 0 Å². The van der Waals surface area contributed by atoms with E-state index in [0.717, 1.165) is 54.0 Å². The van der Waals surface area contributed by atoms with Crippen molar-refractivity contribution in [3.8, 4) is 11.5 Å². The van der Waals surface area contributed by atoms with Gasteiger partial charge in [-0.3, -0.25) is 14.7 Å². The van der Waals surface area contributed by atoms with Crippen LogP contribution < -0.4 is 10.1 Å². The van der Waals surface area contributed by atoms with Crippen molar-refractivity contribution >= 4 is 22.5 Å². The highest BCUT2D eigenvalue weighted by Crippen LogP contribution is 2.32. The Morgan fingerprint density at radius 3 is 2.59 bits per heavy atom. The van der Waals surface area contributed by atoms with Crippen LogP contribution in [0.5, 0.6) is 11.5 Å². The van der Waals surface area contributed by atoms with E-state index in [-0.39, 0.29) is 5.91 Å². The summed E-state index contributed by atoms with van der Waals surface area (Å²) in [5, 5.41) is 3.99. The molecule has 5 nitrogen and oxygen atoms in total. The highest BCUT2D eigenvalue weighted by Gasteiger charge is 2.25. The Morgan fingerprint density at radius 1 is 1.00 bits per heavy atom. The van der Waals surface area contributed by atoms with E-state index in [1.165, 1.54) is 0 Å². The molecule has 4 aromatic rings. The lowest BCUT2D eigenvalue weighted by Crippen LogP contribution is -2.33. The summed E-state index contributed by atoms with van der Waals surface area (Å²) in [5.74, 6) is 1.19. The summed E-state index contributed by atoms with van der Waals surface area (Å²) < 4.78 is 6.05. The van der Waals surface area contributed by atoms with Crippen LogP contribution in [0.1, 0.15) is 28.5 Å². The highest BCUT2D eigenvalue weighted by atomic mass is 16.5. The zero-order chi connectivity index (χ0) is 21.9. The van der Waals surface area contributed by atoms with Gasteiger partial charge in [-0.2, -0.15) is 0 Å². The molecule has 2 heterocycles. The lowest BCUT2D eigenvalue weighted by atomic mass is 9.95. The van der Waals surface area contributed by atoms with Gasteiger partial charge in [-0.1, -0.05) is 55.5 Å². The van der Waals surface area contributed by atoms with Gasteiger partial charge in [0.05, 0.1) is 16.8 Å². The molecule has 1 aliphatic heterocycles. The highest BCUT2D eigenvalue weighted by molar-refractivity contribution is 6.14. The second kappa shape index (κ2) is 8.81. The molecule has 5 heteroatoms. The molecular weight excluding hydrogens is 398 g/mol. The molecule has 5 rings (SSSR count). The van der Waals surface area contributed by atoms with Gasteiger partial charge in [-0.15, -0.1) is 0 Å². The summed E-state index contributed by atoms with van der Waals surface area (Å²) in [6.45, 7) is 4.79. The minimum absolute atomic E-state index is 0.137. The van der Waals surface area contributed by atoms with Gasteiger partial charge in [0.15, 0.2) is 5.75 Å². The molecule has 0 radical (unpaired) electrons. The average molecular weight is 424 g/mol. The number of para-hydroxylation sites is 4. The maximum atomic E-state index is 13.7. The van der Waals surface area contributed by atoms with Crippen molar-refractivity contribution in [2.24, 2.45) is 0 Å². The van der Waals surface area contributed by atoms with E-state index < -0.39 is 0 Å². The number of benzene rings is 3. The number of ether oxygens (including phenoxy) is 1. The van der Waals surface area contributed by atoms with Crippen molar-refractivity contribution < 1.29 is 9.53 Å². The second-order valence-corrected chi connectivity index (χ2v) is 7.91. The molecule has 0 aliphatic carbocycles. The predicted octanol–water partition coefficient (Wildman–Crippen LogP) is 5.66. The zero-order valence-corrected chi connectivity index (χ0v) is 18.0. The normalized spacial score (nSPS) is 13.5. The van der Waals surface area contributed by atoms with Crippen LogP contribution in [0, 0.1) is 0 Å². The van der Waals surface area contributed by atoms with E-state index in [1.54, 1.807) is 0 Å². The first-order valence-corrected chi connectivity index (χ1v) is 11.0. The fraction of sp³-hybridized carbons (Fsp3) is 0.185. The molecule has 1 amide bonds. The minimum atomic E-state index is -0.137. The lowest BCUT2D eigenvalue weighted by Gasteiger charge is -2.29. The van der Waals surface area contributed by atoms with Crippen LogP contribution >= 0.6 is 0 Å². The Labute approximate surface area is 187 Å². The first kappa shape index (κ1) is 20.2. The first-order valence-electron chi connectivity index (χ1n) is 11.0. The Balaban J connectivity index is 1.54. The summed E-state index contributed by atoms with van der Waals surface area (Å²) >= 11 is 0. The fourth-order valence-electron chi connectivity index (χ4n) is 4.23. The van der Waals surface area contributed by atoms with Gasteiger partial charge >= 0.3 is 0 Å². The molecule has 0 fully saturated rings. The predicted molar refractivity (Wildman–Crippen MR) is 127 cm³/mol. The second-order valence-electron chi connectivity index (χ2n) is 7.91. The number of carbonyl (C=O) groups excluding carboxylic acids is 1. The molecule has 1 aliphatic rings. The molecule has 0 bridgehead atoms. The number of hydrogen-bond donors (Lipinski definition) is 1. The number of pyridine rings is 1. The van der Waals surface area contributed by atoms with Gasteiger partial charge in [0.2, 0.25) is 0 Å². The van der Waals surface area contributed by atoms with Crippen molar-refractivity contribution in [1.29, 1.82) is 0 Å². The van der Waals surface area contributed by atoms with Crippen molar-refractivity contribution in [2.75, 3.05) is 18.4 Å². The van der Waals surface area contributed by atoms with E-state index in [0.29, 0.717) is 17.0 Å². The van der Waals surface area contributed by atoms with Gasteiger partial charge in [0.25, 0.3) is 5.91 Å². The van der Waals surface area contributed by atoms with Crippen LogP contribution in [-0.4, -0.2) is 28.9 Å². The van der Waals surface area contributed by atoms with Crippen LogP contribution in [-0.2, 0) is 13.0 Å². The Morgan fingerprint density at radius 2 is 1.75 bits per heavy atom.